The number of anilines is 3. The van der Waals surface area contributed by atoms with Gasteiger partial charge in [0, 0.05) is 23.1 Å². The first-order chi connectivity index (χ1) is 22.4. The van der Waals surface area contributed by atoms with Gasteiger partial charge in [-0.15, -0.1) is 0 Å². The van der Waals surface area contributed by atoms with Crippen molar-refractivity contribution < 1.29 is 23.8 Å². The van der Waals surface area contributed by atoms with E-state index in [1.165, 1.54) is 7.11 Å². The highest BCUT2D eigenvalue weighted by atomic mass is 16.5. The summed E-state index contributed by atoms with van der Waals surface area (Å²) in [5.74, 6) is 0.119. The topological polar surface area (TPSA) is 83.9 Å². The number of ether oxygens (including phenoxy) is 3. The number of hydrogen-bond acceptors (Lipinski definition) is 9. The zero-order valence-corrected chi connectivity index (χ0v) is 26.1. The number of carbonyl (C=O) groups excluding carboxylic acids is 2. The summed E-state index contributed by atoms with van der Waals surface area (Å²) in [7, 11) is 2.94. The van der Waals surface area contributed by atoms with Crippen LogP contribution in [0, 0.1) is 0 Å². The van der Waals surface area contributed by atoms with E-state index in [2.05, 4.69) is 0 Å². The molecule has 0 N–H and O–H groups in total. The smallest absolute Gasteiger partial charge is 0.340 e. The van der Waals surface area contributed by atoms with Crippen LogP contribution in [0.2, 0.25) is 0 Å². The van der Waals surface area contributed by atoms with Crippen LogP contribution in [0.1, 0.15) is 19.4 Å². The van der Waals surface area contributed by atoms with Gasteiger partial charge >= 0.3 is 11.9 Å². The fourth-order valence-corrected chi connectivity index (χ4v) is 6.00. The number of nitrogens with zero attached hydrogens (tertiary/aromatic N) is 4. The normalized spacial score (nSPS) is 18.3. The molecular formula is C37H34N4O5. The number of hydrazone groups is 1. The lowest BCUT2D eigenvalue weighted by Gasteiger charge is -2.45. The van der Waals surface area contributed by atoms with E-state index in [0.29, 0.717) is 28.7 Å². The van der Waals surface area contributed by atoms with Crippen LogP contribution in [-0.2, 0) is 19.1 Å². The van der Waals surface area contributed by atoms with E-state index in [4.69, 9.17) is 19.3 Å². The maximum atomic E-state index is 14.3. The molecule has 1 atom stereocenters. The summed E-state index contributed by atoms with van der Waals surface area (Å²) in [5.41, 5.74) is 2.37. The van der Waals surface area contributed by atoms with Crippen molar-refractivity contribution in [3.8, 4) is 5.75 Å². The SMILES string of the molecule is CCOC(=O)C1=CN(c2ccc(OC)cc2)/C(=C(\C)C(=O)OC)C12N(c1ccccc1)N=C(c1ccccc1)N2c1ccccc1. The maximum Gasteiger partial charge on any atom is 0.340 e. The van der Waals surface area contributed by atoms with Crippen molar-refractivity contribution in [1.29, 1.82) is 0 Å². The molecule has 1 spiro atoms. The Labute approximate surface area is 268 Å². The minimum atomic E-state index is -1.54. The zero-order valence-electron chi connectivity index (χ0n) is 26.1. The molecule has 9 nitrogen and oxygen atoms in total. The second-order valence-corrected chi connectivity index (χ2v) is 10.6. The van der Waals surface area contributed by atoms with Gasteiger partial charge in [0.1, 0.15) is 11.3 Å². The number of esters is 2. The van der Waals surface area contributed by atoms with Crippen LogP contribution in [0.25, 0.3) is 0 Å². The third kappa shape index (κ3) is 4.95. The van der Waals surface area contributed by atoms with E-state index in [1.807, 2.05) is 125 Å². The Balaban J connectivity index is 1.76. The van der Waals surface area contributed by atoms with Crippen molar-refractivity contribution in [3.05, 3.63) is 144 Å². The van der Waals surface area contributed by atoms with Crippen LogP contribution in [-0.4, -0.2) is 44.3 Å². The molecule has 46 heavy (non-hydrogen) atoms. The number of para-hydroxylation sites is 2. The average molecular weight is 615 g/mol. The molecule has 232 valence electrons. The highest BCUT2D eigenvalue weighted by Gasteiger charge is 2.63. The van der Waals surface area contributed by atoms with E-state index in [-0.39, 0.29) is 17.8 Å². The maximum absolute atomic E-state index is 14.3. The Morgan fingerprint density at radius 2 is 1.35 bits per heavy atom. The van der Waals surface area contributed by atoms with Gasteiger partial charge in [0.25, 0.3) is 0 Å². The molecule has 4 aromatic rings. The Kier molecular flexibility index (Phi) is 8.31. The fraction of sp³-hybridized carbons (Fsp3) is 0.162. The lowest BCUT2D eigenvalue weighted by molar-refractivity contribution is -0.139. The lowest BCUT2D eigenvalue weighted by Crippen LogP contribution is -2.61. The van der Waals surface area contributed by atoms with Crippen LogP contribution in [0.15, 0.2) is 143 Å². The molecule has 4 aromatic carbocycles. The van der Waals surface area contributed by atoms with Crippen molar-refractivity contribution in [2.24, 2.45) is 5.10 Å². The summed E-state index contributed by atoms with van der Waals surface area (Å²) in [5, 5.41) is 7.08. The van der Waals surface area contributed by atoms with Gasteiger partial charge < -0.3 is 19.1 Å². The van der Waals surface area contributed by atoms with Crippen molar-refractivity contribution in [2.45, 2.75) is 19.5 Å². The second-order valence-electron chi connectivity index (χ2n) is 10.6. The Hall–Kier alpha value is -5.83. The van der Waals surface area contributed by atoms with Crippen molar-refractivity contribution in [3.63, 3.8) is 0 Å². The van der Waals surface area contributed by atoms with Crippen LogP contribution in [0.4, 0.5) is 17.1 Å². The molecule has 0 amide bonds. The third-order valence-electron chi connectivity index (χ3n) is 7.98. The zero-order chi connectivity index (χ0) is 32.3. The Bertz CT molecular complexity index is 1820. The number of hydrogen-bond donors (Lipinski definition) is 0. The van der Waals surface area contributed by atoms with E-state index >= 15 is 0 Å². The molecule has 0 bridgehead atoms. The molecule has 0 radical (unpaired) electrons. The van der Waals surface area contributed by atoms with E-state index in [0.717, 1.165) is 11.3 Å². The van der Waals surface area contributed by atoms with Crippen LogP contribution in [0.5, 0.6) is 5.75 Å². The predicted molar refractivity (Wildman–Crippen MR) is 178 cm³/mol. The van der Waals surface area contributed by atoms with E-state index < -0.39 is 17.6 Å². The summed E-state index contributed by atoms with van der Waals surface area (Å²) >= 11 is 0. The Morgan fingerprint density at radius 3 is 1.91 bits per heavy atom. The summed E-state index contributed by atoms with van der Waals surface area (Å²) in [6.07, 6.45) is 1.73. The first kappa shape index (κ1) is 30.2. The third-order valence-corrected chi connectivity index (χ3v) is 7.98. The molecule has 2 aliphatic rings. The minimum absolute atomic E-state index is 0.146. The molecule has 6 rings (SSSR count). The number of rotatable bonds is 8. The highest BCUT2D eigenvalue weighted by Crippen LogP contribution is 2.53. The predicted octanol–water partition coefficient (Wildman–Crippen LogP) is 6.49. The number of benzene rings is 4. The lowest BCUT2D eigenvalue weighted by atomic mass is 9.91. The van der Waals surface area contributed by atoms with Crippen LogP contribution < -0.4 is 19.5 Å². The van der Waals surface area contributed by atoms with Gasteiger partial charge in [-0.1, -0.05) is 66.7 Å². The molecule has 0 saturated heterocycles. The van der Waals surface area contributed by atoms with Gasteiger partial charge in [-0.3, -0.25) is 4.90 Å². The minimum Gasteiger partial charge on any atom is -0.497 e. The summed E-state index contributed by atoms with van der Waals surface area (Å²) < 4.78 is 16.5. The van der Waals surface area contributed by atoms with Crippen molar-refractivity contribution >= 4 is 34.8 Å². The average Bonchev–Trinajstić information content (AvgIpc) is 3.65. The number of carbonyl (C=O) groups is 2. The van der Waals surface area contributed by atoms with Gasteiger partial charge in [0.05, 0.1) is 37.8 Å². The Morgan fingerprint density at radius 1 is 0.761 bits per heavy atom. The van der Waals surface area contributed by atoms with Gasteiger partial charge in [-0.2, -0.15) is 5.10 Å². The first-order valence-electron chi connectivity index (χ1n) is 14.9. The first-order valence-corrected chi connectivity index (χ1v) is 14.9. The molecule has 0 aliphatic carbocycles. The number of amidine groups is 1. The van der Waals surface area contributed by atoms with Crippen LogP contribution in [0.3, 0.4) is 0 Å². The van der Waals surface area contributed by atoms with Gasteiger partial charge in [0.15, 0.2) is 5.84 Å². The monoisotopic (exact) mass is 614 g/mol. The van der Waals surface area contributed by atoms with Crippen molar-refractivity contribution in [2.75, 3.05) is 35.6 Å². The molecular weight excluding hydrogens is 580 g/mol. The molecule has 1 unspecified atom stereocenters. The molecule has 0 fully saturated rings. The summed E-state index contributed by atoms with van der Waals surface area (Å²) in [4.78, 5) is 31.8. The second kappa shape index (κ2) is 12.6. The summed E-state index contributed by atoms with van der Waals surface area (Å²) in [6, 6.07) is 36.4. The molecule has 2 aliphatic heterocycles. The van der Waals surface area contributed by atoms with Crippen LogP contribution >= 0.6 is 0 Å². The highest BCUT2D eigenvalue weighted by molar-refractivity contribution is 6.18. The largest absolute Gasteiger partial charge is 0.497 e. The van der Waals surface area contributed by atoms with Gasteiger partial charge in [0.2, 0.25) is 5.66 Å². The van der Waals surface area contributed by atoms with E-state index in [9.17, 15) is 9.59 Å². The van der Waals surface area contributed by atoms with Crippen molar-refractivity contribution in [1.82, 2.24) is 0 Å². The summed E-state index contributed by atoms with van der Waals surface area (Å²) in [6.45, 7) is 3.61. The fourth-order valence-electron chi connectivity index (χ4n) is 6.00. The molecule has 2 heterocycles. The molecule has 9 heteroatoms. The van der Waals surface area contributed by atoms with Gasteiger partial charge in [-0.25, -0.2) is 14.6 Å². The standard InChI is InChI=1S/C37H34N4O5/c1-5-46-36(43)32-25-39(28-21-23-31(44-3)24-22-28)33(26(2)35(42)45-4)37(32)40(29-17-11-7-12-18-29)34(27-15-9-6-10-16-27)38-41(37)30-19-13-8-14-20-30/h6-25H,5H2,1-4H3/b33-26+. The quantitative estimate of drug-likeness (QED) is 0.165. The molecule has 0 saturated carbocycles. The van der Waals surface area contributed by atoms with E-state index in [1.54, 1.807) is 32.2 Å². The molecule has 0 aromatic heterocycles. The van der Waals surface area contributed by atoms with Gasteiger partial charge in [-0.05, 0) is 62.4 Å². The number of methoxy groups -OCH3 is 2.